The number of ether oxygens (including phenoxy) is 2. The molecule has 0 atom stereocenters. The third kappa shape index (κ3) is 6.98. The molecule has 0 aliphatic carbocycles. The van der Waals surface area contributed by atoms with E-state index in [1.54, 1.807) is 6.07 Å². The van der Waals surface area contributed by atoms with Crippen LogP contribution >= 0.6 is 11.3 Å². The first-order valence-electron chi connectivity index (χ1n) is 8.47. The van der Waals surface area contributed by atoms with Crippen molar-refractivity contribution in [2.24, 2.45) is 10.9 Å². The van der Waals surface area contributed by atoms with Crippen molar-refractivity contribution in [2.75, 3.05) is 46.0 Å². The highest BCUT2D eigenvalue weighted by atomic mass is 32.1. The molecule has 134 valence electrons. The topological polar surface area (TPSA) is 63.2 Å². The zero-order valence-corrected chi connectivity index (χ0v) is 15.3. The van der Waals surface area contributed by atoms with Crippen LogP contribution in [-0.4, -0.2) is 62.8 Å². The average Bonchev–Trinajstić information content (AvgIpc) is 3.11. The third-order valence-corrected chi connectivity index (χ3v) is 4.38. The van der Waals surface area contributed by atoms with Crippen LogP contribution in [-0.2, 0) is 9.47 Å². The van der Waals surface area contributed by atoms with Gasteiger partial charge in [0.2, 0.25) is 0 Å². The molecule has 0 aromatic carbocycles. The van der Waals surface area contributed by atoms with Crippen molar-refractivity contribution in [1.82, 2.24) is 10.2 Å². The van der Waals surface area contributed by atoms with Gasteiger partial charge in [-0.1, -0.05) is 19.9 Å². The standard InChI is InChI=1S/C17H27N3O3S/c1-14(2)13-23-17(19-16(21)15-5-3-12-24-15)18-6-4-7-20-8-10-22-11-9-20/h3,5,12,14H,4,6-11,13H2,1-2H3,(H,18,19,21). The maximum Gasteiger partial charge on any atom is 0.291 e. The lowest BCUT2D eigenvalue weighted by Gasteiger charge is -2.26. The summed E-state index contributed by atoms with van der Waals surface area (Å²) in [5, 5.41) is 4.66. The van der Waals surface area contributed by atoms with Gasteiger partial charge < -0.3 is 9.47 Å². The largest absolute Gasteiger partial charge is 0.465 e. The summed E-state index contributed by atoms with van der Waals surface area (Å²) in [5.41, 5.74) is 0. The Morgan fingerprint density at radius 2 is 2.25 bits per heavy atom. The first-order valence-corrected chi connectivity index (χ1v) is 9.35. The highest BCUT2D eigenvalue weighted by Gasteiger charge is 2.12. The summed E-state index contributed by atoms with van der Waals surface area (Å²) in [6.07, 6.45) is 0.934. The van der Waals surface area contributed by atoms with Gasteiger partial charge in [-0.25, -0.2) is 4.99 Å². The molecule has 1 aliphatic heterocycles. The van der Waals surface area contributed by atoms with Crippen LogP contribution in [0.2, 0.25) is 0 Å². The van der Waals surface area contributed by atoms with E-state index in [4.69, 9.17) is 9.47 Å². The fraction of sp³-hybridized carbons (Fsp3) is 0.647. The van der Waals surface area contributed by atoms with Crippen LogP contribution in [0.1, 0.15) is 29.9 Å². The third-order valence-electron chi connectivity index (χ3n) is 3.51. The fourth-order valence-electron chi connectivity index (χ4n) is 2.23. The Morgan fingerprint density at radius 3 is 2.92 bits per heavy atom. The van der Waals surface area contributed by atoms with Crippen molar-refractivity contribution in [3.8, 4) is 0 Å². The zero-order chi connectivity index (χ0) is 17.2. The summed E-state index contributed by atoms with van der Waals surface area (Å²) in [6, 6.07) is 3.97. The van der Waals surface area contributed by atoms with E-state index < -0.39 is 0 Å². The molecule has 1 amide bonds. The van der Waals surface area contributed by atoms with Gasteiger partial charge in [-0.3, -0.25) is 15.0 Å². The monoisotopic (exact) mass is 353 g/mol. The second-order valence-corrected chi connectivity index (χ2v) is 7.08. The molecule has 0 radical (unpaired) electrons. The van der Waals surface area contributed by atoms with Crippen molar-refractivity contribution in [1.29, 1.82) is 0 Å². The molecular weight excluding hydrogens is 326 g/mol. The number of morpholine rings is 1. The summed E-state index contributed by atoms with van der Waals surface area (Å²) >= 11 is 1.40. The molecule has 1 aromatic rings. The second kappa shape index (κ2) is 10.4. The number of amides is 1. The Kier molecular flexibility index (Phi) is 8.21. The SMILES string of the molecule is CC(C)COC(=NCCCN1CCOCC1)NC(=O)c1cccs1. The fourth-order valence-corrected chi connectivity index (χ4v) is 2.85. The van der Waals surface area contributed by atoms with Crippen LogP contribution in [0.25, 0.3) is 0 Å². The molecule has 7 heteroatoms. The number of carbonyl (C=O) groups excluding carboxylic acids is 1. The zero-order valence-electron chi connectivity index (χ0n) is 14.5. The van der Waals surface area contributed by atoms with Gasteiger partial charge in [0.15, 0.2) is 0 Å². The molecule has 6 nitrogen and oxygen atoms in total. The molecule has 1 N–H and O–H groups in total. The van der Waals surface area contributed by atoms with Crippen molar-refractivity contribution >= 4 is 23.3 Å². The number of amidine groups is 1. The Bertz CT molecular complexity index is 511. The number of carbonyl (C=O) groups is 1. The predicted octanol–water partition coefficient (Wildman–Crippen LogP) is 2.23. The quantitative estimate of drug-likeness (QED) is 0.464. The first kappa shape index (κ1) is 18.9. The minimum Gasteiger partial charge on any atom is -0.465 e. The number of hydrogen-bond donors (Lipinski definition) is 1. The summed E-state index contributed by atoms with van der Waals surface area (Å²) in [5.74, 6) is 0.211. The lowest BCUT2D eigenvalue weighted by molar-refractivity contribution is 0.0377. The van der Waals surface area contributed by atoms with Gasteiger partial charge in [-0.05, 0) is 23.8 Å². The smallest absolute Gasteiger partial charge is 0.291 e. The molecular formula is C17H27N3O3S. The number of thiophene rings is 1. The number of aliphatic imine (C=N–C) groups is 1. The van der Waals surface area contributed by atoms with Gasteiger partial charge in [-0.15, -0.1) is 11.3 Å². The van der Waals surface area contributed by atoms with Crippen LogP contribution in [0.5, 0.6) is 0 Å². The van der Waals surface area contributed by atoms with E-state index in [9.17, 15) is 4.79 Å². The number of nitrogens with zero attached hydrogens (tertiary/aromatic N) is 2. The molecule has 1 saturated heterocycles. The molecule has 1 fully saturated rings. The maximum absolute atomic E-state index is 12.2. The van der Waals surface area contributed by atoms with Crippen molar-refractivity contribution in [2.45, 2.75) is 20.3 Å². The van der Waals surface area contributed by atoms with Crippen molar-refractivity contribution < 1.29 is 14.3 Å². The summed E-state index contributed by atoms with van der Waals surface area (Å²) in [4.78, 5) is 19.6. The van der Waals surface area contributed by atoms with Crippen LogP contribution in [0.3, 0.4) is 0 Å². The first-order chi connectivity index (χ1) is 11.6. The van der Waals surface area contributed by atoms with E-state index >= 15 is 0 Å². The highest BCUT2D eigenvalue weighted by molar-refractivity contribution is 7.12. The Labute approximate surface area is 147 Å². The highest BCUT2D eigenvalue weighted by Crippen LogP contribution is 2.08. The average molecular weight is 353 g/mol. The normalized spacial score (nSPS) is 16.4. The second-order valence-electron chi connectivity index (χ2n) is 6.13. The maximum atomic E-state index is 12.2. The van der Waals surface area contributed by atoms with Crippen LogP contribution in [0.4, 0.5) is 0 Å². The van der Waals surface area contributed by atoms with Gasteiger partial charge >= 0.3 is 0 Å². The van der Waals surface area contributed by atoms with Crippen LogP contribution in [0.15, 0.2) is 22.5 Å². The van der Waals surface area contributed by atoms with E-state index in [0.717, 1.165) is 39.3 Å². The lowest BCUT2D eigenvalue weighted by Crippen LogP contribution is -2.37. The van der Waals surface area contributed by atoms with Crippen LogP contribution in [0, 0.1) is 5.92 Å². The molecule has 0 saturated carbocycles. The number of hydrogen-bond acceptors (Lipinski definition) is 6. The Hall–Kier alpha value is -1.44. The molecule has 24 heavy (non-hydrogen) atoms. The Morgan fingerprint density at radius 1 is 1.46 bits per heavy atom. The van der Waals surface area contributed by atoms with Gasteiger partial charge in [0.1, 0.15) is 0 Å². The summed E-state index contributed by atoms with van der Waals surface area (Å²) < 4.78 is 11.0. The van der Waals surface area contributed by atoms with E-state index in [2.05, 4.69) is 29.1 Å². The van der Waals surface area contributed by atoms with E-state index in [1.165, 1.54) is 11.3 Å². The van der Waals surface area contributed by atoms with Crippen molar-refractivity contribution in [3.63, 3.8) is 0 Å². The minimum atomic E-state index is -0.166. The van der Waals surface area contributed by atoms with Crippen molar-refractivity contribution in [3.05, 3.63) is 22.4 Å². The summed E-state index contributed by atoms with van der Waals surface area (Å²) in [7, 11) is 0. The molecule has 0 unspecified atom stereocenters. The van der Waals surface area contributed by atoms with Gasteiger partial charge in [0, 0.05) is 26.2 Å². The van der Waals surface area contributed by atoms with Crippen LogP contribution < -0.4 is 5.32 Å². The molecule has 2 rings (SSSR count). The number of nitrogens with one attached hydrogen (secondary N) is 1. The molecule has 2 heterocycles. The van der Waals surface area contributed by atoms with E-state index in [1.807, 2.05) is 11.4 Å². The molecule has 1 aliphatic rings. The molecule has 0 bridgehead atoms. The van der Waals surface area contributed by atoms with Gasteiger partial charge in [0.05, 0.1) is 24.7 Å². The van der Waals surface area contributed by atoms with E-state index in [0.29, 0.717) is 30.0 Å². The number of rotatable bonds is 7. The van der Waals surface area contributed by atoms with Gasteiger partial charge in [0.25, 0.3) is 11.9 Å². The lowest BCUT2D eigenvalue weighted by atomic mass is 10.2. The van der Waals surface area contributed by atoms with E-state index in [-0.39, 0.29) is 5.91 Å². The minimum absolute atomic E-state index is 0.166. The summed E-state index contributed by atoms with van der Waals surface area (Å²) in [6.45, 7) is 9.87. The molecule has 1 aromatic heterocycles. The molecule has 0 spiro atoms. The van der Waals surface area contributed by atoms with Gasteiger partial charge in [-0.2, -0.15) is 0 Å². The predicted molar refractivity (Wildman–Crippen MR) is 96.8 cm³/mol. The Balaban J connectivity index is 1.80.